The molecule has 142 valence electrons. The minimum absolute atomic E-state index is 0.0163. The minimum Gasteiger partial charge on any atom is -0.480 e. The van der Waals surface area contributed by atoms with Crippen LogP contribution in [-0.4, -0.2) is 55.8 Å². The van der Waals surface area contributed by atoms with Crippen molar-refractivity contribution in [3.63, 3.8) is 0 Å². The third-order valence-electron chi connectivity index (χ3n) is 3.92. The van der Waals surface area contributed by atoms with E-state index in [0.29, 0.717) is 5.39 Å². The second kappa shape index (κ2) is 8.15. The summed E-state index contributed by atoms with van der Waals surface area (Å²) >= 11 is 0. The first-order valence-electron chi connectivity index (χ1n) is 7.87. The predicted molar refractivity (Wildman–Crippen MR) is 104 cm³/mol. The van der Waals surface area contributed by atoms with Gasteiger partial charge in [0.25, 0.3) is 0 Å². The molecule has 2 aromatic rings. The number of sulfonamides is 1. The van der Waals surface area contributed by atoms with Gasteiger partial charge in [-0.05, 0) is 18.6 Å². The van der Waals surface area contributed by atoms with Crippen molar-refractivity contribution in [1.29, 1.82) is 0 Å². The quantitative estimate of drug-likeness (QED) is 0.697. The Morgan fingerprint density at radius 1 is 1.19 bits per heavy atom. The molecule has 0 bridgehead atoms. The van der Waals surface area contributed by atoms with Gasteiger partial charge in [0.2, 0.25) is 10.0 Å². The van der Waals surface area contributed by atoms with Crippen LogP contribution in [0.25, 0.3) is 10.8 Å². The maximum absolute atomic E-state index is 12.8. The minimum atomic E-state index is -4.07. The zero-order valence-electron chi connectivity index (χ0n) is 14.8. The predicted octanol–water partition coefficient (Wildman–Crippen LogP) is 1.41. The number of carboxylic acids is 1. The summed E-state index contributed by atoms with van der Waals surface area (Å²) in [6.45, 7) is 0. The summed E-state index contributed by atoms with van der Waals surface area (Å²) in [5, 5.41) is 10.6. The van der Waals surface area contributed by atoms with Crippen molar-refractivity contribution in [3.8, 4) is 0 Å². The molecule has 7 nitrogen and oxygen atoms in total. The number of hydrogen-bond donors (Lipinski definition) is 2. The summed E-state index contributed by atoms with van der Waals surface area (Å²) in [7, 11) is -1.56. The van der Waals surface area contributed by atoms with E-state index in [1.54, 1.807) is 18.2 Å². The Bertz CT molecular complexity index is 941. The van der Waals surface area contributed by atoms with Gasteiger partial charge in [0.05, 0.1) is 4.90 Å². The average Bonchev–Trinajstić information content (AvgIpc) is 2.56. The van der Waals surface area contributed by atoms with Gasteiger partial charge < -0.3 is 10.0 Å². The van der Waals surface area contributed by atoms with Gasteiger partial charge >= 0.3 is 5.97 Å². The molecule has 2 N–H and O–H groups in total. The van der Waals surface area contributed by atoms with Crippen LogP contribution in [0, 0.1) is 0 Å². The van der Waals surface area contributed by atoms with Gasteiger partial charge in [-0.15, -0.1) is 0 Å². The number of nitrogens with zero attached hydrogens (tertiary/aromatic N) is 1. The van der Waals surface area contributed by atoms with Gasteiger partial charge in [-0.2, -0.15) is 4.72 Å². The standard InChI is InChI=1S/C17H22N2O5S2/c1-19(2)15-8-4-7-13-12(15)6-5-9-16(13)26(23,24)18-14(17(20)21)10-11-25(3)22/h4-9,14,18H,10-11H2,1-3H3,(H,20,21). The Labute approximate surface area is 155 Å². The van der Waals surface area contributed by atoms with Gasteiger partial charge in [0.1, 0.15) is 6.04 Å². The number of hydrogen-bond acceptors (Lipinski definition) is 5. The average molecular weight is 399 g/mol. The van der Waals surface area contributed by atoms with E-state index in [9.17, 15) is 22.5 Å². The molecule has 2 rings (SSSR count). The van der Waals surface area contributed by atoms with E-state index in [-0.39, 0.29) is 17.1 Å². The molecule has 0 amide bonds. The lowest BCUT2D eigenvalue weighted by Gasteiger charge is -2.18. The van der Waals surface area contributed by atoms with Crippen molar-refractivity contribution in [2.24, 2.45) is 0 Å². The van der Waals surface area contributed by atoms with Crippen LogP contribution in [0.4, 0.5) is 5.69 Å². The first kappa shape index (κ1) is 20.3. The Hall–Kier alpha value is -1.97. The molecular formula is C17H22N2O5S2. The highest BCUT2D eigenvalue weighted by atomic mass is 32.2. The van der Waals surface area contributed by atoms with Crippen molar-refractivity contribution in [2.75, 3.05) is 31.0 Å². The highest BCUT2D eigenvalue weighted by Gasteiger charge is 2.27. The Balaban J connectivity index is 2.47. The number of benzene rings is 2. The van der Waals surface area contributed by atoms with Gasteiger partial charge in [-0.3, -0.25) is 9.00 Å². The number of rotatable bonds is 8. The van der Waals surface area contributed by atoms with Crippen molar-refractivity contribution in [3.05, 3.63) is 36.4 Å². The molecule has 0 aromatic heterocycles. The molecule has 9 heteroatoms. The van der Waals surface area contributed by atoms with Crippen LogP contribution in [0.2, 0.25) is 0 Å². The van der Waals surface area contributed by atoms with Crippen LogP contribution in [0.15, 0.2) is 41.3 Å². The van der Waals surface area contributed by atoms with E-state index in [0.717, 1.165) is 11.1 Å². The topological polar surface area (TPSA) is 104 Å². The number of carboxylic acid groups (broad SMARTS) is 1. The Morgan fingerprint density at radius 3 is 2.38 bits per heavy atom. The number of aliphatic carboxylic acids is 1. The van der Waals surface area contributed by atoms with E-state index in [2.05, 4.69) is 4.72 Å². The number of anilines is 1. The van der Waals surface area contributed by atoms with Crippen molar-refractivity contribution in [1.82, 2.24) is 4.72 Å². The molecule has 26 heavy (non-hydrogen) atoms. The Morgan fingerprint density at radius 2 is 1.81 bits per heavy atom. The van der Waals surface area contributed by atoms with Crippen LogP contribution in [0.5, 0.6) is 0 Å². The summed E-state index contributed by atoms with van der Waals surface area (Å²) in [4.78, 5) is 13.3. The molecule has 0 heterocycles. The van der Waals surface area contributed by atoms with Gasteiger partial charge in [-0.1, -0.05) is 24.3 Å². The van der Waals surface area contributed by atoms with Crippen LogP contribution in [0.3, 0.4) is 0 Å². The summed E-state index contributed by atoms with van der Waals surface area (Å²) in [5.41, 5.74) is 0.857. The van der Waals surface area contributed by atoms with E-state index < -0.39 is 32.8 Å². The molecule has 0 aliphatic carbocycles. The zero-order chi connectivity index (χ0) is 19.5. The van der Waals surface area contributed by atoms with Crippen molar-refractivity contribution in [2.45, 2.75) is 17.4 Å². The summed E-state index contributed by atoms with van der Waals surface area (Å²) in [6.07, 6.45) is 1.40. The number of carbonyl (C=O) groups is 1. The summed E-state index contributed by atoms with van der Waals surface area (Å²) in [6, 6.07) is 8.87. The van der Waals surface area contributed by atoms with Crippen LogP contribution in [0.1, 0.15) is 6.42 Å². The van der Waals surface area contributed by atoms with E-state index in [4.69, 9.17) is 0 Å². The molecule has 0 saturated heterocycles. The Kier molecular flexibility index (Phi) is 6.38. The summed E-state index contributed by atoms with van der Waals surface area (Å²) in [5.74, 6) is -1.20. The second-order valence-electron chi connectivity index (χ2n) is 6.10. The molecule has 2 aromatic carbocycles. The van der Waals surface area contributed by atoms with Crippen LogP contribution in [-0.2, 0) is 25.6 Å². The zero-order valence-corrected chi connectivity index (χ0v) is 16.4. The van der Waals surface area contributed by atoms with Crippen molar-refractivity contribution < 1.29 is 22.5 Å². The van der Waals surface area contributed by atoms with Crippen LogP contribution >= 0.6 is 0 Å². The van der Waals surface area contributed by atoms with E-state index in [1.165, 1.54) is 12.3 Å². The molecule has 0 aliphatic heterocycles. The van der Waals surface area contributed by atoms with Gasteiger partial charge in [0.15, 0.2) is 0 Å². The lowest BCUT2D eigenvalue weighted by Crippen LogP contribution is -2.41. The third kappa shape index (κ3) is 4.60. The van der Waals surface area contributed by atoms with Gasteiger partial charge in [0, 0.05) is 53.4 Å². The largest absolute Gasteiger partial charge is 0.480 e. The van der Waals surface area contributed by atoms with Crippen molar-refractivity contribution >= 4 is 43.3 Å². The smallest absolute Gasteiger partial charge is 0.321 e. The normalized spacial score (nSPS) is 14.1. The summed E-state index contributed by atoms with van der Waals surface area (Å²) < 4.78 is 39.1. The fraction of sp³-hybridized carbons (Fsp3) is 0.353. The first-order valence-corrected chi connectivity index (χ1v) is 11.1. The van der Waals surface area contributed by atoms with Gasteiger partial charge in [-0.25, -0.2) is 8.42 Å². The molecule has 0 radical (unpaired) electrons. The molecule has 0 fully saturated rings. The molecule has 2 atom stereocenters. The molecule has 0 aliphatic rings. The first-order chi connectivity index (χ1) is 12.1. The maximum atomic E-state index is 12.8. The van der Waals surface area contributed by atoms with E-state index in [1.807, 2.05) is 31.1 Å². The highest BCUT2D eigenvalue weighted by Crippen LogP contribution is 2.30. The van der Waals surface area contributed by atoms with E-state index >= 15 is 0 Å². The lowest BCUT2D eigenvalue weighted by molar-refractivity contribution is -0.139. The number of fused-ring (bicyclic) bond motifs is 1. The SMILES string of the molecule is CN(C)c1cccc2c(S(=O)(=O)NC(CCS(C)=O)C(=O)O)cccc12. The lowest BCUT2D eigenvalue weighted by atomic mass is 10.1. The number of nitrogens with one attached hydrogen (secondary N) is 1. The monoisotopic (exact) mass is 398 g/mol. The fourth-order valence-electron chi connectivity index (χ4n) is 2.66. The maximum Gasteiger partial charge on any atom is 0.321 e. The third-order valence-corrected chi connectivity index (χ3v) is 6.26. The fourth-order valence-corrected chi connectivity index (χ4v) is 4.67. The second-order valence-corrected chi connectivity index (χ2v) is 9.34. The molecule has 2 unspecified atom stereocenters. The highest BCUT2D eigenvalue weighted by molar-refractivity contribution is 7.89. The molecular weight excluding hydrogens is 376 g/mol. The molecule has 0 saturated carbocycles. The molecule has 0 spiro atoms. The van der Waals surface area contributed by atoms with Crippen LogP contribution < -0.4 is 9.62 Å².